The van der Waals surface area contributed by atoms with E-state index in [9.17, 15) is 8.42 Å². The van der Waals surface area contributed by atoms with E-state index in [4.69, 9.17) is 10.2 Å². The van der Waals surface area contributed by atoms with Gasteiger partial charge in [0.2, 0.25) is 10.0 Å². The van der Waals surface area contributed by atoms with Gasteiger partial charge in [-0.25, -0.2) is 13.1 Å². The zero-order valence-electron chi connectivity index (χ0n) is 11.7. The molecule has 2 aromatic rings. The lowest BCUT2D eigenvalue weighted by Crippen LogP contribution is -2.24. The molecule has 0 bridgehead atoms. The second-order valence-corrected chi connectivity index (χ2v) is 7.44. The number of sulfonamides is 1. The summed E-state index contributed by atoms with van der Waals surface area (Å²) >= 11 is 7.85. The summed E-state index contributed by atoms with van der Waals surface area (Å²) < 4.78 is 32.9. The molecule has 122 valence electrons. The average molecular weight is 417 g/mol. The lowest BCUT2D eigenvalue weighted by molar-refractivity contribution is 0.493. The van der Waals surface area contributed by atoms with Gasteiger partial charge < -0.3 is 10.2 Å². The van der Waals surface area contributed by atoms with E-state index in [1.165, 1.54) is 18.3 Å². The van der Waals surface area contributed by atoms with Crippen LogP contribution in [0.15, 0.2) is 55.3 Å². The second-order valence-electron chi connectivity index (χ2n) is 4.32. The Kier molecular flexibility index (Phi) is 5.88. The third-order valence-electron chi connectivity index (χ3n) is 2.61. The van der Waals surface area contributed by atoms with Crippen LogP contribution < -0.4 is 15.9 Å². The molecule has 0 atom stereocenters. The molecule has 0 aliphatic heterocycles. The normalized spacial score (nSPS) is 11.7. The molecule has 0 spiro atoms. The molecule has 10 heteroatoms. The van der Waals surface area contributed by atoms with Crippen LogP contribution in [-0.2, 0) is 16.6 Å². The Hall–Kier alpha value is -1.75. The van der Waals surface area contributed by atoms with Gasteiger partial charge >= 0.3 is 0 Å². The van der Waals surface area contributed by atoms with Crippen molar-refractivity contribution in [3.8, 4) is 0 Å². The summed E-state index contributed by atoms with van der Waals surface area (Å²) in [6.45, 7) is 0.0228. The van der Waals surface area contributed by atoms with Gasteiger partial charge in [-0.15, -0.1) is 0 Å². The molecule has 2 rings (SSSR count). The Bertz CT molecular complexity index is 816. The van der Waals surface area contributed by atoms with Crippen molar-refractivity contribution in [3.63, 3.8) is 0 Å². The van der Waals surface area contributed by atoms with Gasteiger partial charge in [-0.1, -0.05) is 15.9 Å². The minimum atomic E-state index is -3.60. The van der Waals surface area contributed by atoms with Gasteiger partial charge in [-0.05, 0) is 48.6 Å². The van der Waals surface area contributed by atoms with Crippen LogP contribution in [0.3, 0.4) is 0 Å². The summed E-state index contributed by atoms with van der Waals surface area (Å²) in [6.07, 6.45) is 1.38. The number of nitrogens with two attached hydrogens (primary N) is 1. The SMILES string of the molecule is NC(=S)N/N=C\c1ccc(CNS(=O)(=O)c2ccc(Br)cc2)o1. The molecule has 0 aliphatic carbocycles. The van der Waals surface area contributed by atoms with E-state index >= 15 is 0 Å². The molecular formula is C13H13BrN4O3S2. The van der Waals surface area contributed by atoms with Gasteiger partial charge in [-0.2, -0.15) is 5.10 Å². The van der Waals surface area contributed by atoms with Crippen LogP contribution in [0.5, 0.6) is 0 Å². The molecule has 0 fully saturated rings. The first kappa shape index (κ1) is 17.6. The standard InChI is InChI=1S/C13H13BrN4O3S2/c14-9-1-5-12(6-2-9)23(19,20)17-8-11-4-3-10(21-11)7-16-18-13(15)22/h1-7,17H,8H2,(H3,15,18,22)/b16-7-. The summed E-state index contributed by atoms with van der Waals surface area (Å²) in [5.41, 5.74) is 7.61. The zero-order chi connectivity index (χ0) is 16.9. The van der Waals surface area contributed by atoms with Gasteiger partial charge in [-0.3, -0.25) is 5.43 Å². The fourth-order valence-electron chi connectivity index (χ4n) is 1.58. The highest BCUT2D eigenvalue weighted by Gasteiger charge is 2.14. The quantitative estimate of drug-likeness (QED) is 0.375. The zero-order valence-corrected chi connectivity index (χ0v) is 14.9. The Labute approximate surface area is 147 Å². The highest BCUT2D eigenvalue weighted by atomic mass is 79.9. The number of benzene rings is 1. The van der Waals surface area contributed by atoms with Crippen molar-refractivity contribution in [2.24, 2.45) is 10.8 Å². The van der Waals surface area contributed by atoms with E-state index in [2.05, 4.69) is 43.4 Å². The molecule has 23 heavy (non-hydrogen) atoms. The van der Waals surface area contributed by atoms with Gasteiger partial charge in [0.25, 0.3) is 0 Å². The molecule has 1 aromatic carbocycles. The molecule has 0 saturated heterocycles. The summed E-state index contributed by atoms with van der Waals surface area (Å²) in [5, 5.41) is 3.78. The van der Waals surface area contributed by atoms with E-state index in [-0.39, 0.29) is 16.6 Å². The predicted molar refractivity (Wildman–Crippen MR) is 94.4 cm³/mol. The maximum Gasteiger partial charge on any atom is 0.240 e. The summed E-state index contributed by atoms with van der Waals surface area (Å²) in [5.74, 6) is 0.883. The fraction of sp³-hybridized carbons (Fsp3) is 0.0769. The molecule has 0 saturated carbocycles. The van der Waals surface area contributed by atoms with Gasteiger partial charge in [0.15, 0.2) is 5.11 Å². The first-order chi connectivity index (χ1) is 10.9. The summed E-state index contributed by atoms with van der Waals surface area (Å²) in [4.78, 5) is 0.176. The van der Waals surface area contributed by atoms with Crippen molar-refractivity contribution in [1.29, 1.82) is 0 Å². The maximum atomic E-state index is 12.1. The van der Waals surface area contributed by atoms with E-state index < -0.39 is 10.0 Å². The number of nitrogens with one attached hydrogen (secondary N) is 2. The Balaban J connectivity index is 1.98. The molecule has 0 amide bonds. The first-order valence-corrected chi connectivity index (χ1v) is 8.98. The maximum absolute atomic E-state index is 12.1. The van der Waals surface area contributed by atoms with Crippen LogP contribution in [0.1, 0.15) is 11.5 Å². The van der Waals surface area contributed by atoms with Crippen molar-refractivity contribution >= 4 is 49.5 Å². The van der Waals surface area contributed by atoms with Crippen molar-refractivity contribution < 1.29 is 12.8 Å². The molecule has 1 aromatic heterocycles. The van der Waals surface area contributed by atoms with Crippen molar-refractivity contribution in [2.75, 3.05) is 0 Å². The number of thiocarbonyl (C=S) groups is 1. The van der Waals surface area contributed by atoms with Crippen LogP contribution in [0.2, 0.25) is 0 Å². The Morgan fingerprint density at radius 1 is 1.30 bits per heavy atom. The van der Waals surface area contributed by atoms with Crippen LogP contribution in [0.25, 0.3) is 0 Å². The average Bonchev–Trinajstić information content (AvgIpc) is 2.93. The number of hydrazone groups is 1. The number of hydrogen-bond acceptors (Lipinski definition) is 5. The van der Waals surface area contributed by atoms with Crippen LogP contribution in [0, 0.1) is 0 Å². The molecule has 0 aliphatic rings. The third-order valence-corrected chi connectivity index (χ3v) is 4.65. The van der Waals surface area contributed by atoms with E-state index in [0.29, 0.717) is 11.5 Å². The van der Waals surface area contributed by atoms with Crippen molar-refractivity contribution in [3.05, 3.63) is 52.4 Å². The topological polar surface area (TPSA) is 110 Å². The fourth-order valence-corrected chi connectivity index (χ4v) is 2.89. The van der Waals surface area contributed by atoms with E-state index in [1.807, 2.05) is 0 Å². The number of rotatable bonds is 6. The molecule has 7 nitrogen and oxygen atoms in total. The third kappa shape index (κ3) is 5.43. The molecule has 0 unspecified atom stereocenters. The lowest BCUT2D eigenvalue weighted by Gasteiger charge is -2.05. The van der Waals surface area contributed by atoms with Gasteiger partial charge in [0.1, 0.15) is 11.5 Å². The number of nitrogens with zero attached hydrogens (tertiary/aromatic N) is 1. The molecule has 4 N–H and O–H groups in total. The smallest absolute Gasteiger partial charge is 0.240 e. The van der Waals surface area contributed by atoms with Crippen LogP contribution in [-0.4, -0.2) is 19.7 Å². The largest absolute Gasteiger partial charge is 0.459 e. The number of hydrogen-bond donors (Lipinski definition) is 3. The van der Waals surface area contributed by atoms with Crippen molar-refractivity contribution in [2.45, 2.75) is 11.4 Å². The van der Waals surface area contributed by atoms with Crippen LogP contribution >= 0.6 is 28.1 Å². The Morgan fingerprint density at radius 2 is 2.00 bits per heavy atom. The first-order valence-electron chi connectivity index (χ1n) is 6.29. The Morgan fingerprint density at radius 3 is 2.65 bits per heavy atom. The molecule has 0 radical (unpaired) electrons. The second kappa shape index (κ2) is 7.68. The highest BCUT2D eigenvalue weighted by molar-refractivity contribution is 9.10. The monoisotopic (exact) mass is 416 g/mol. The lowest BCUT2D eigenvalue weighted by atomic mass is 10.4. The minimum absolute atomic E-state index is 0.0228. The molecule has 1 heterocycles. The minimum Gasteiger partial charge on any atom is -0.459 e. The number of furan rings is 1. The van der Waals surface area contributed by atoms with E-state index in [0.717, 1.165) is 4.47 Å². The highest BCUT2D eigenvalue weighted by Crippen LogP contribution is 2.15. The van der Waals surface area contributed by atoms with E-state index in [1.54, 1.807) is 24.3 Å². The van der Waals surface area contributed by atoms with Gasteiger partial charge in [0, 0.05) is 4.47 Å². The van der Waals surface area contributed by atoms with Gasteiger partial charge in [0.05, 0.1) is 17.7 Å². The molecular weight excluding hydrogens is 404 g/mol. The van der Waals surface area contributed by atoms with Crippen molar-refractivity contribution in [1.82, 2.24) is 10.1 Å². The summed E-state index contributed by atoms with van der Waals surface area (Å²) in [7, 11) is -3.60. The number of halogens is 1. The summed E-state index contributed by atoms with van der Waals surface area (Å²) in [6, 6.07) is 9.62. The predicted octanol–water partition coefficient (Wildman–Crippen LogP) is 1.69. The van der Waals surface area contributed by atoms with Crippen LogP contribution in [0.4, 0.5) is 0 Å².